The Balaban J connectivity index is 2.56. The number of nitrogens with zero attached hydrogens (tertiary/aromatic N) is 1. The Bertz CT molecular complexity index is 1050. The van der Waals surface area contributed by atoms with Gasteiger partial charge >= 0.3 is 23.7 Å². The largest absolute Gasteiger partial charge is 0.435 e. The van der Waals surface area contributed by atoms with Crippen LogP contribution in [0.15, 0.2) is 30.3 Å². The van der Waals surface area contributed by atoms with Gasteiger partial charge in [-0.2, -0.15) is 30.7 Å². The van der Waals surface area contributed by atoms with Crippen molar-refractivity contribution in [3.8, 4) is 0 Å². The third-order valence-corrected chi connectivity index (χ3v) is 4.93. The summed E-state index contributed by atoms with van der Waals surface area (Å²) >= 11 is 0. The molecule has 2 rings (SSSR count). The summed E-state index contributed by atoms with van der Waals surface area (Å²) in [5.41, 5.74) is -8.85. The summed E-state index contributed by atoms with van der Waals surface area (Å²) in [4.78, 5) is 22.3. The summed E-state index contributed by atoms with van der Waals surface area (Å²) in [6.45, 7) is 2.50. The Morgan fingerprint density at radius 1 is 1.00 bits per heavy atom. The maximum absolute atomic E-state index is 14.4. The van der Waals surface area contributed by atoms with Gasteiger partial charge in [0.25, 0.3) is 0 Å². The lowest BCUT2D eigenvalue weighted by Crippen LogP contribution is -2.50. The number of carbonyl (C=O) groups is 1. The van der Waals surface area contributed by atoms with Gasteiger partial charge in [-0.1, -0.05) is 19.1 Å². The number of benzene rings is 2. The second kappa shape index (κ2) is 8.47. The Hall–Kier alpha value is -3.05. The third-order valence-electron chi connectivity index (χ3n) is 4.93. The standard InChI is InChI=1S/C20H15F8NO3/c1-3-11-7-13(18(22,19(23,24)25)20(26,27)28)6-10(2)14(11)9-17(30)12-4-5-15(21)16(8-12)29(31)32/h4-8H,3,9H2,1-2H3. The minimum absolute atomic E-state index is 0.0416. The molecule has 0 saturated carbocycles. The van der Waals surface area contributed by atoms with Crippen LogP contribution in [0.1, 0.15) is 39.5 Å². The fourth-order valence-electron chi connectivity index (χ4n) is 3.23. The zero-order valence-electron chi connectivity index (χ0n) is 16.5. The lowest BCUT2D eigenvalue weighted by Gasteiger charge is -2.31. The number of alkyl halides is 7. The molecule has 0 aliphatic carbocycles. The van der Waals surface area contributed by atoms with Crippen LogP contribution in [0.2, 0.25) is 0 Å². The summed E-state index contributed by atoms with van der Waals surface area (Å²) in [5, 5.41) is 10.8. The first-order chi connectivity index (χ1) is 14.5. The van der Waals surface area contributed by atoms with E-state index in [-0.39, 0.29) is 28.7 Å². The molecule has 32 heavy (non-hydrogen) atoms. The van der Waals surface area contributed by atoms with E-state index in [0.29, 0.717) is 24.3 Å². The van der Waals surface area contributed by atoms with Crippen molar-refractivity contribution in [2.45, 2.75) is 44.7 Å². The van der Waals surface area contributed by atoms with Crippen molar-refractivity contribution in [2.75, 3.05) is 0 Å². The molecule has 12 heteroatoms. The molecule has 0 N–H and O–H groups in total. The molecule has 0 aromatic heterocycles. The van der Waals surface area contributed by atoms with Gasteiger partial charge in [0.15, 0.2) is 5.78 Å². The SMILES string of the molecule is CCc1cc(C(F)(C(F)(F)F)C(F)(F)F)cc(C)c1CC(=O)c1ccc(F)c([N+](=O)[O-])c1. The first-order valence-corrected chi connectivity index (χ1v) is 8.97. The van der Waals surface area contributed by atoms with Gasteiger partial charge < -0.3 is 0 Å². The summed E-state index contributed by atoms with van der Waals surface area (Å²) in [7, 11) is 0. The first-order valence-electron chi connectivity index (χ1n) is 8.97. The van der Waals surface area contributed by atoms with Gasteiger partial charge in [-0.05, 0) is 42.2 Å². The monoisotopic (exact) mass is 469 g/mol. The van der Waals surface area contributed by atoms with Gasteiger partial charge in [0.1, 0.15) is 0 Å². The summed E-state index contributed by atoms with van der Waals surface area (Å²) in [6.07, 6.45) is -13.3. The first kappa shape index (κ1) is 25.2. The fraction of sp³-hybridized carbons (Fsp3) is 0.350. The van der Waals surface area contributed by atoms with Crippen LogP contribution in [0.4, 0.5) is 40.8 Å². The van der Waals surface area contributed by atoms with Crippen molar-refractivity contribution in [1.29, 1.82) is 0 Å². The summed E-state index contributed by atoms with van der Waals surface area (Å²) < 4.78 is 106. The summed E-state index contributed by atoms with van der Waals surface area (Å²) in [6, 6.07) is 3.10. The maximum Gasteiger partial charge on any atom is 0.435 e. The number of aryl methyl sites for hydroxylation is 2. The Morgan fingerprint density at radius 3 is 2.03 bits per heavy atom. The quantitative estimate of drug-likeness (QED) is 0.215. The van der Waals surface area contributed by atoms with Crippen molar-refractivity contribution in [1.82, 2.24) is 0 Å². The van der Waals surface area contributed by atoms with Crippen LogP contribution in [-0.2, 0) is 18.5 Å². The van der Waals surface area contributed by atoms with E-state index in [2.05, 4.69) is 0 Å². The molecule has 0 heterocycles. The highest BCUT2D eigenvalue weighted by Gasteiger charge is 2.73. The highest BCUT2D eigenvalue weighted by molar-refractivity contribution is 5.98. The molecule has 0 aliphatic heterocycles. The van der Waals surface area contributed by atoms with E-state index in [4.69, 9.17) is 0 Å². The number of nitro benzene ring substituents is 1. The second-order valence-corrected chi connectivity index (χ2v) is 6.96. The van der Waals surface area contributed by atoms with E-state index < -0.39 is 52.2 Å². The average molecular weight is 469 g/mol. The highest BCUT2D eigenvalue weighted by Crippen LogP contribution is 2.53. The Kier molecular flexibility index (Phi) is 6.68. The number of rotatable bonds is 6. The lowest BCUT2D eigenvalue weighted by molar-refractivity contribution is -0.387. The van der Waals surface area contributed by atoms with Crippen LogP contribution in [0, 0.1) is 22.9 Å². The predicted octanol–water partition coefficient (Wildman–Crippen LogP) is 6.32. The zero-order chi connectivity index (χ0) is 24.6. The number of ketones is 1. The molecule has 0 saturated heterocycles. The number of carbonyl (C=O) groups excluding carboxylic acids is 1. The minimum atomic E-state index is -6.28. The fourth-order valence-corrected chi connectivity index (χ4v) is 3.23. The van der Waals surface area contributed by atoms with Gasteiger partial charge in [-0.25, -0.2) is 4.39 Å². The van der Waals surface area contributed by atoms with E-state index in [1.54, 1.807) is 0 Å². The van der Waals surface area contributed by atoms with E-state index in [9.17, 15) is 50.0 Å². The van der Waals surface area contributed by atoms with Gasteiger partial charge in [-0.15, -0.1) is 0 Å². The van der Waals surface area contributed by atoms with Crippen LogP contribution in [0.3, 0.4) is 0 Å². The molecule has 0 bridgehead atoms. The van der Waals surface area contributed by atoms with Gasteiger partial charge in [0.05, 0.1) is 4.92 Å². The zero-order valence-corrected chi connectivity index (χ0v) is 16.5. The van der Waals surface area contributed by atoms with Crippen LogP contribution in [-0.4, -0.2) is 23.1 Å². The molecule has 0 unspecified atom stereocenters. The second-order valence-electron chi connectivity index (χ2n) is 6.96. The molecule has 0 radical (unpaired) electrons. The minimum Gasteiger partial charge on any atom is -0.294 e. The van der Waals surface area contributed by atoms with Crippen LogP contribution in [0.5, 0.6) is 0 Å². The number of nitro groups is 1. The van der Waals surface area contributed by atoms with E-state index in [0.717, 1.165) is 13.0 Å². The third kappa shape index (κ3) is 4.44. The lowest BCUT2D eigenvalue weighted by atomic mass is 9.86. The average Bonchev–Trinajstić information content (AvgIpc) is 2.66. The topological polar surface area (TPSA) is 60.2 Å². The number of hydrogen-bond acceptors (Lipinski definition) is 3. The number of halogens is 8. The molecule has 174 valence electrons. The van der Waals surface area contributed by atoms with Gasteiger partial charge in [0, 0.05) is 23.6 Å². The normalized spacial score (nSPS) is 12.7. The van der Waals surface area contributed by atoms with Crippen molar-refractivity contribution in [3.63, 3.8) is 0 Å². The Morgan fingerprint density at radius 2 is 1.56 bits per heavy atom. The molecule has 2 aromatic rings. The van der Waals surface area contributed by atoms with E-state index >= 15 is 0 Å². The number of Topliss-reactive ketones (excluding diaryl/α,β-unsaturated/α-hetero) is 1. The molecule has 0 spiro atoms. The highest BCUT2D eigenvalue weighted by atomic mass is 19.4. The predicted molar refractivity (Wildman–Crippen MR) is 96.5 cm³/mol. The Labute approximate surface area is 176 Å². The molecule has 0 amide bonds. The van der Waals surface area contributed by atoms with Crippen molar-refractivity contribution in [3.05, 3.63) is 74.1 Å². The van der Waals surface area contributed by atoms with Gasteiger partial charge in [-0.3, -0.25) is 14.9 Å². The number of hydrogen-bond donors (Lipinski definition) is 0. The smallest absolute Gasteiger partial charge is 0.294 e. The molecule has 4 nitrogen and oxygen atoms in total. The van der Waals surface area contributed by atoms with E-state index in [1.165, 1.54) is 6.92 Å². The van der Waals surface area contributed by atoms with Crippen LogP contribution in [0.25, 0.3) is 0 Å². The molecule has 0 aliphatic rings. The van der Waals surface area contributed by atoms with Crippen LogP contribution < -0.4 is 0 Å². The van der Waals surface area contributed by atoms with Crippen molar-refractivity contribution < 1.29 is 44.8 Å². The molecule has 0 atom stereocenters. The maximum atomic E-state index is 14.4. The van der Waals surface area contributed by atoms with Gasteiger partial charge in [0.2, 0.25) is 5.82 Å². The van der Waals surface area contributed by atoms with Crippen molar-refractivity contribution >= 4 is 11.5 Å². The van der Waals surface area contributed by atoms with Crippen LogP contribution >= 0.6 is 0 Å². The molecular formula is C20H15F8NO3. The molecular weight excluding hydrogens is 454 g/mol. The van der Waals surface area contributed by atoms with Crippen molar-refractivity contribution in [2.24, 2.45) is 0 Å². The van der Waals surface area contributed by atoms with E-state index in [1.807, 2.05) is 0 Å². The summed E-state index contributed by atoms with van der Waals surface area (Å²) in [5.74, 6) is -1.99. The molecule has 0 fully saturated rings. The molecule has 2 aromatic carbocycles.